The van der Waals surface area contributed by atoms with E-state index in [-0.39, 0.29) is 11.5 Å². The maximum Gasteiger partial charge on any atom is 0.353 e. The van der Waals surface area contributed by atoms with E-state index < -0.39 is 16.1 Å². The van der Waals surface area contributed by atoms with E-state index >= 15 is 0 Å². The molecule has 0 aliphatic heterocycles. The van der Waals surface area contributed by atoms with Gasteiger partial charge in [0.15, 0.2) is 5.96 Å². The van der Waals surface area contributed by atoms with Crippen LogP contribution >= 0.6 is 0 Å². The number of nitrogens with two attached hydrogens (primary N) is 2. The molecule has 0 fully saturated rings. The van der Waals surface area contributed by atoms with Gasteiger partial charge in [0.05, 0.1) is 24.3 Å². The number of guanidine groups is 1. The van der Waals surface area contributed by atoms with Crippen LogP contribution in [-0.4, -0.2) is 26.6 Å². The van der Waals surface area contributed by atoms with Crippen molar-refractivity contribution in [3.8, 4) is 11.1 Å². The summed E-state index contributed by atoms with van der Waals surface area (Å²) in [6.45, 7) is 0. The Morgan fingerprint density at radius 3 is 2.36 bits per heavy atom. The molecule has 0 spiro atoms. The molecular weight excluding hydrogens is 310 g/mol. The van der Waals surface area contributed by atoms with E-state index in [0.29, 0.717) is 0 Å². The van der Waals surface area contributed by atoms with Gasteiger partial charge in [0, 0.05) is 5.56 Å². The number of carbonyl (C=O) groups excluding carboxylic acids is 1. The number of hydrogen-bond donors (Lipinski definition) is 3. The molecule has 0 unspecified atom stereocenters. The van der Waals surface area contributed by atoms with Crippen LogP contribution in [0.4, 0.5) is 0 Å². The molecule has 0 bridgehead atoms. The molecule has 1 aromatic heterocycles. The highest BCUT2D eigenvalue weighted by Crippen LogP contribution is 2.21. The largest absolute Gasteiger partial charge is 0.472 e. The summed E-state index contributed by atoms with van der Waals surface area (Å²) in [5, 5.41) is 6.06. The van der Waals surface area contributed by atoms with Gasteiger partial charge >= 0.3 is 16.1 Å². The number of carbonyl (C=O) groups is 1. The number of benzene rings is 1. The van der Waals surface area contributed by atoms with Crippen molar-refractivity contribution in [2.75, 3.05) is 6.26 Å². The van der Waals surface area contributed by atoms with Gasteiger partial charge in [-0.05, 0) is 23.8 Å². The second-order valence-corrected chi connectivity index (χ2v) is 5.70. The molecule has 1 heterocycles. The third kappa shape index (κ3) is 6.09. The fourth-order valence-electron chi connectivity index (χ4n) is 1.44. The summed E-state index contributed by atoms with van der Waals surface area (Å²) < 4.78 is 31.0. The van der Waals surface area contributed by atoms with E-state index in [2.05, 4.69) is 15.7 Å². The van der Waals surface area contributed by atoms with E-state index in [9.17, 15) is 13.2 Å². The fraction of sp³-hybridized carbons (Fsp3) is 0.0769. The van der Waals surface area contributed by atoms with Gasteiger partial charge in [0.2, 0.25) is 0 Å². The van der Waals surface area contributed by atoms with E-state index in [1.165, 1.54) is 18.6 Å². The molecule has 9 heteroatoms. The van der Waals surface area contributed by atoms with Gasteiger partial charge in [-0.2, -0.15) is 8.42 Å². The Morgan fingerprint density at radius 2 is 1.86 bits per heavy atom. The highest BCUT2D eigenvalue weighted by molar-refractivity contribution is 7.86. The normalized spacial score (nSPS) is 10.2. The van der Waals surface area contributed by atoms with Gasteiger partial charge in [-0.3, -0.25) is 5.41 Å². The third-order valence-corrected chi connectivity index (χ3v) is 2.63. The predicted octanol–water partition coefficient (Wildman–Crippen LogP) is 0.902. The maximum atomic E-state index is 11.6. The quantitative estimate of drug-likeness (QED) is 0.431. The van der Waals surface area contributed by atoms with Crippen molar-refractivity contribution in [3.63, 3.8) is 0 Å². The van der Waals surface area contributed by atoms with Gasteiger partial charge in [0.25, 0.3) is 0 Å². The third-order valence-electron chi connectivity index (χ3n) is 2.18. The first-order valence-corrected chi connectivity index (χ1v) is 7.66. The summed E-state index contributed by atoms with van der Waals surface area (Å²) in [5.74, 6) is -1.23. The number of rotatable bonds is 3. The standard InChI is InChI=1S/C12H10O5S.CH5N3/c1-18(14,15)17-12(13)10-4-2-3-9(7-10)11-5-6-16-8-11;2-1(3)4/h2-8H,1H3;(H5,2,3,4). The molecule has 8 nitrogen and oxygen atoms in total. The van der Waals surface area contributed by atoms with Gasteiger partial charge in [-0.1, -0.05) is 12.1 Å². The lowest BCUT2D eigenvalue weighted by Gasteiger charge is -2.03. The van der Waals surface area contributed by atoms with Crippen LogP contribution in [0.2, 0.25) is 0 Å². The van der Waals surface area contributed by atoms with Crippen LogP contribution in [0.25, 0.3) is 11.1 Å². The topological polar surface area (TPSA) is 149 Å². The van der Waals surface area contributed by atoms with E-state index in [4.69, 9.17) is 9.83 Å². The highest BCUT2D eigenvalue weighted by Gasteiger charge is 2.14. The zero-order chi connectivity index (χ0) is 16.8. The van der Waals surface area contributed by atoms with Crippen molar-refractivity contribution >= 4 is 22.0 Å². The van der Waals surface area contributed by atoms with Gasteiger partial charge < -0.3 is 20.1 Å². The number of hydrogen-bond acceptors (Lipinski definition) is 6. The average molecular weight is 325 g/mol. The SMILES string of the molecule is CS(=O)(=O)OC(=O)c1cccc(-c2ccoc2)c1.N=C(N)N. The van der Waals surface area contributed by atoms with Crippen LogP contribution in [-0.2, 0) is 14.3 Å². The molecule has 2 aromatic rings. The molecule has 0 saturated heterocycles. The molecule has 0 atom stereocenters. The summed E-state index contributed by atoms with van der Waals surface area (Å²) in [4.78, 5) is 11.6. The van der Waals surface area contributed by atoms with E-state index in [1.807, 2.05) is 0 Å². The van der Waals surface area contributed by atoms with Crippen molar-refractivity contribution in [2.24, 2.45) is 11.5 Å². The second kappa shape index (κ2) is 7.27. The van der Waals surface area contributed by atoms with Crippen molar-refractivity contribution in [1.29, 1.82) is 5.41 Å². The molecule has 0 saturated carbocycles. The van der Waals surface area contributed by atoms with Crippen LogP contribution in [0.5, 0.6) is 0 Å². The number of nitrogens with one attached hydrogen (secondary N) is 1. The fourth-order valence-corrected chi connectivity index (χ4v) is 1.81. The zero-order valence-corrected chi connectivity index (χ0v) is 12.5. The molecular formula is C13H15N3O5S. The van der Waals surface area contributed by atoms with Gasteiger partial charge in [-0.25, -0.2) is 4.79 Å². The molecule has 0 amide bonds. The zero-order valence-electron chi connectivity index (χ0n) is 11.6. The Hall–Kier alpha value is -2.81. The smallest absolute Gasteiger partial charge is 0.353 e. The van der Waals surface area contributed by atoms with Crippen LogP contribution in [0, 0.1) is 5.41 Å². The molecule has 118 valence electrons. The number of furan rings is 1. The molecule has 2 rings (SSSR count). The van der Waals surface area contributed by atoms with Gasteiger partial charge in [0.1, 0.15) is 0 Å². The molecule has 0 aliphatic rings. The van der Waals surface area contributed by atoms with Crippen molar-refractivity contribution in [1.82, 2.24) is 0 Å². The van der Waals surface area contributed by atoms with Crippen molar-refractivity contribution in [3.05, 3.63) is 48.4 Å². The van der Waals surface area contributed by atoms with Crippen LogP contribution in [0.1, 0.15) is 10.4 Å². The van der Waals surface area contributed by atoms with Crippen LogP contribution in [0.15, 0.2) is 47.3 Å². The van der Waals surface area contributed by atoms with Crippen LogP contribution in [0.3, 0.4) is 0 Å². The minimum absolute atomic E-state index is 0.166. The Morgan fingerprint density at radius 1 is 1.23 bits per heavy atom. The average Bonchev–Trinajstić information content (AvgIpc) is 2.90. The lowest BCUT2D eigenvalue weighted by atomic mass is 10.1. The van der Waals surface area contributed by atoms with Crippen LogP contribution < -0.4 is 11.5 Å². The summed E-state index contributed by atoms with van der Waals surface area (Å²) in [6, 6.07) is 8.18. The summed E-state index contributed by atoms with van der Waals surface area (Å²) >= 11 is 0. The molecule has 0 radical (unpaired) electrons. The Balaban J connectivity index is 0.000000541. The van der Waals surface area contributed by atoms with E-state index in [1.54, 1.807) is 24.3 Å². The Bertz CT molecular complexity index is 750. The summed E-state index contributed by atoms with van der Waals surface area (Å²) in [7, 11) is -3.81. The lowest BCUT2D eigenvalue weighted by Crippen LogP contribution is -2.20. The van der Waals surface area contributed by atoms with Crippen molar-refractivity contribution < 1.29 is 21.8 Å². The van der Waals surface area contributed by atoms with Gasteiger partial charge in [-0.15, -0.1) is 0 Å². The first-order chi connectivity index (χ1) is 10.2. The Kier molecular flexibility index (Phi) is 5.70. The molecule has 0 aliphatic carbocycles. The minimum atomic E-state index is -3.81. The molecule has 22 heavy (non-hydrogen) atoms. The predicted molar refractivity (Wildman–Crippen MR) is 80.5 cm³/mol. The first-order valence-electron chi connectivity index (χ1n) is 5.85. The maximum absolute atomic E-state index is 11.6. The lowest BCUT2D eigenvalue weighted by molar-refractivity contribution is 0.0748. The Labute approximate surface area is 127 Å². The summed E-state index contributed by atoms with van der Waals surface area (Å²) in [6.07, 6.45) is 3.86. The first kappa shape index (κ1) is 17.2. The molecule has 5 N–H and O–H groups in total. The van der Waals surface area contributed by atoms with Crippen molar-refractivity contribution in [2.45, 2.75) is 0 Å². The monoisotopic (exact) mass is 325 g/mol. The van der Waals surface area contributed by atoms with E-state index in [0.717, 1.165) is 17.4 Å². The minimum Gasteiger partial charge on any atom is -0.472 e. The second-order valence-electron chi connectivity index (χ2n) is 4.12. The highest BCUT2D eigenvalue weighted by atomic mass is 32.2. The summed E-state index contributed by atoms with van der Waals surface area (Å²) in [5.41, 5.74) is 10.6. The molecule has 1 aromatic carbocycles.